The van der Waals surface area contributed by atoms with Gasteiger partial charge in [0, 0.05) is 23.6 Å². The van der Waals surface area contributed by atoms with Crippen LogP contribution in [0.3, 0.4) is 0 Å². The lowest BCUT2D eigenvalue weighted by Crippen LogP contribution is -2.42. The summed E-state index contributed by atoms with van der Waals surface area (Å²) in [6.45, 7) is 1.63. The van der Waals surface area contributed by atoms with Crippen molar-refractivity contribution in [3.8, 4) is 5.75 Å². The van der Waals surface area contributed by atoms with E-state index in [0.717, 1.165) is 26.8 Å². The van der Waals surface area contributed by atoms with E-state index in [1.165, 1.54) is 18.2 Å². The van der Waals surface area contributed by atoms with E-state index in [1.807, 2.05) is 66.7 Å². The summed E-state index contributed by atoms with van der Waals surface area (Å²) >= 11 is 0. The number of nitro benzene ring substituents is 1. The van der Waals surface area contributed by atoms with E-state index >= 15 is 0 Å². The molecule has 0 aromatic heterocycles. The van der Waals surface area contributed by atoms with Crippen molar-refractivity contribution in [2.75, 3.05) is 4.90 Å². The molecule has 1 saturated heterocycles. The van der Waals surface area contributed by atoms with E-state index in [0.29, 0.717) is 16.9 Å². The van der Waals surface area contributed by atoms with Gasteiger partial charge in [-0.25, -0.2) is 4.90 Å². The van der Waals surface area contributed by atoms with E-state index in [1.54, 1.807) is 13.0 Å². The standard InChI is InChI=1S/C32H22N2O6/c1-17-15-20(34(38)39)12-13-24(17)33-30(35)27-22(18-7-3-2-4-8-18)16-23-26-21-10-6-5-9-19(21)11-14-25(26)40-32(37)28(23)29(27)31(33)36/h2-16,22,27-29H,1H3/t22-,27+,28-,29+/m1/s1. The van der Waals surface area contributed by atoms with Gasteiger partial charge in [-0.15, -0.1) is 0 Å². The molecule has 0 unspecified atom stereocenters. The zero-order chi connectivity index (χ0) is 27.7. The van der Waals surface area contributed by atoms with Gasteiger partial charge >= 0.3 is 5.97 Å². The predicted octanol–water partition coefficient (Wildman–Crippen LogP) is 5.58. The number of carbonyl (C=O) groups excluding carboxylic acids is 3. The molecule has 3 aliphatic rings. The maximum absolute atomic E-state index is 14.2. The van der Waals surface area contributed by atoms with Gasteiger partial charge in [-0.05, 0) is 46.5 Å². The number of ether oxygens (including phenoxy) is 1. The van der Waals surface area contributed by atoms with Crippen molar-refractivity contribution < 1.29 is 24.0 Å². The molecule has 0 N–H and O–H groups in total. The minimum atomic E-state index is -0.994. The van der Waals surface area contributed by atoms with E-state index in [-0.39, 0.29) is 11.4 Å². The molecule has 40 heavy (non-hydrogen) atoms. The summed E-state index contributed by atoms with van der Waals surface area (Å²) in [6.07, 6.45) is 1.96. The molecule has 8 nitrogen and oxygen atoms in total. The summed E-state index contributed by atoms with van der Waals surface area (Å²) in [5, 5.41) is 13.2. The van der Waals surface area contributed by atoms with Crippen molar-refractivity contribution in [3.05, 3.63) is 118 Å². The van der Waals surface area contributed by atoms with E-state index in [4.69, 9.17) is 4.74 Å². The lowest BCUT2D eigenvalue weighted by atomic mass is 9.64. The molecular weight excluding hydrogens is 508 g/mol. The lowest BCUT2D eigenvalue weighted by Gasteiger charge is -2.38. The Bertz CT molecular complexity index is 1810. The van der Waals surface area contributed by atoms with Gasteiger partial charge in [0.1, 0.15) is 5.75 Å². The number of hydrogen-bond acceptors (Lipinski definition) is 6. The fraction of sp³-hybridized carbons (Fsp3) is 0.156. The van der Waals surface area contributed by atoms with Gasteiger partial charge in [0.25, 0.3) is 5.69 Å². The molecule has 2 amide bonds. The number of amides is 2. The number of nitro groups is 1. The second kappa shape index (κ2) is 8.71. The molecule has 0 radical (unpaired) electrons. The molecule has 196 valence electrons. The van der Waals surface area contributed by atoms with Crippen LogP contribution in [0.2, 0.25) is 0 Å². The number of nitrogens with zero attached hydrogens (tertiary/aromatic N) is 2. The Morgan fingerprint density at radius 2 is 1.57 bits per heavy atom. The van der Waals surface area contributed by atoms with Gasteiger partial charge in [-0.3, -0.25) is 24.5 Å². The number of benzene rings is 4. The highest BCUT2D eigenvalue weighted by atomic mass is 16.6. The normalized spacial score (nSPS) is 23.3. The van der Waals surface area contributed by atoms with Crippen LogP contribution in [0.4, 0.5) is 11.4 Å². The molecule has 8 heteroatoms. The number of allylic oxidation sites excluding steroid dienone is 1. The van der Waals surface area contributed by atoms with Crippen LogP contribution >= 0.6 is 0 Å². The Hall–Kier alpha value is -5.11. The maximum atomic E-state index is 14.2. The summed E-state index contributed by atoms with van der Waals surface area (Å²) in [6, 6.07) is 25.0. The number of anilines is 1. The van der Waals surface area contributed by atoms with Crippen LogP contribution in [-0.4, -0.2) is 22.7 Å². The van der Waals surface area contributed by atoms with E-state index in [2.05, 4.69) is 0 Å². The third-order valence-electron chi connectivity index (χ3n) is 8.30. The number of rotatable bonds is 3. The maximum Gasteiger partial charge on any atom is 0.319 e. The molecule has 0 spiro atoms. The fourth-order valence-corrected chi connectivity index (χ4v) is 6.57. The number of imide groups is 1. The molecule has 4 aromatic rings. The molecule has 0 saturated carbocycles. The topological polar surface area (TPSA) is 107 Å². The second-order valence-corrected chi connectivity index (χ2v) is 10.4. The first kappa shape index (κ1) is 24.0. The molecule has 1 aliphatic carbocycles. The van der Waals surface area contributed by atoms with Crippen molar-refractivity contribution >= 4 is 45.5 Å². The molecule has 1 fully saturated rings. The Kier molecular flexibility index (Phi) is 5.22. The van der Waals surface area contributed by atoms with Gasteiger partial charge in [0.15, 0.2) is 0 Å². The molecular formula is C32H22N2O6. The third-order valence-corrected chi connectivity index (χ3v) is 8.30. The summed E-state index contributed by atoms with van der Waals surface area (Å²) in [4.78, 5) is 53.8. The van der Waals surface area contributed by atoms with Crippen LogP contribution < -0.4 is 9.64 Å². The van der Waals surface area contributed by atoms with Crippen LogP contribution in [0.15, 0.2) is 91.0 Å². The third kappa shape index (κ3) is 3.35. The number of carbonyl (C=O) groups is 3. The van der Waals surface area contributed by atoms with Crippen LogP contribution in [0.25, 0.3) is 16.3 Å². The monoisotopic (exact) mass is 530 g/mol. The summed E-state index contributed by atoms with van der Waals surface area (Å²) in [5.74, 6) is -4.38. The van der Waals surface area contributed by atoms with Gasteiger partial charge in [-0.1, -0.05) is 66.7 Å². The number of fused-ring (bicyclic) bond motifs is 7. The molecule has 4 aromatic carbocycles. The Morgan fingerprint density at radius 3 is 2.33 bits per heavy atom. The number of non-ortho nitro benzene ring substituents is 1. The molecule has 2 heterocycles. The first-order valence-electron chi connectivity index (χ1n) is 13.0. The van der Waals surface area contributed by atoms with Crippen LogP contribution in [0.5, 0.6) is 5.75 Å². The smallest absolute Gasteiger partial charge is 0.319 e. The number of hydrogen-bond donors (Lipinski definition) is 0. The van der Waals surface area contributed by atoms with Crippen LogP contribution in [0.1, 0.15) is 22.6 Å². The Balaban J connectivity index is 1.44. The highest BCUT2D eigenvalue weighted by Gasteiger charge is 2.60. The van der Waals surface area contributed by atoms with Crippen molar-refractivity contribution in [2.45, 2.75) is 12.8 Å². The number of esters is 1. The predicted molar refractivity (Wildman–Crippen MR) is 148 cm³/mol. The molecule has 4 atom stereocenters. The first-order chi connectivity index (χ1) is 19.3. The Labute approximate surface area is 228 Å². The summed E-state index contributed by atoms with van der Waals surface area (Å²) in [5.41, 5.74) is 2.85. The SMILES string of the molecule is Cc1cc([N+](=O)[O-])ccc1N1C(=O)[C@@H]2[C@@H]3C(=O)Oc4ccc5ccccc5c4C3=C[C@H](c3ccccc3)[C@@H]2C1=O. The van der Waals surface area contributed by atoms with Gasteiger partial charge < -0.3 is 4.74 Å². The van der Waals surface area contributed by atoms with Crippen LogP contribution in [0, 0.1) is 34.8 Å². The molecule has 7 rings (SSSR count). The molecule has 2 aliphatic heterocycles. The minimum Gasteiger partial charge on any atom is -0.425 e. The average molecular weight is 531 g/mol. The first-order valence-corrected chi connectivity index (χ1v) is 13.0. The van der Waals surface area contributed by atoms with Crippen molar-refractivity contribution in [2.24, 2.45) is 17.8 Å². The van der Waals surface area contributed by atoms with Crippen LogP contribution in [-0.2, 0) is 14.4 Å². The zero-order valence-electron chi connectivity index (χ0n) is 21.3. The highest BCUT2D eigenvalue weighted by molar-refractivity contribution is 6.25. The summed E-state index contributed by atoms with van der Waals surface area (Å²) < 4.78 is 5.81. The van der Waals surface area contributed by atoms with Crippen molar-refractivity contribution in [3.63, 3.8) is 0 Å². The average Bonchev–Trinajstić information content (AvgIpc) is 3.22. The fourth-order valence-electron chi connectivity index (χ4n) is 6.57. The lowest BCUT2D eigenvalue weighted by molar-refractivity contribution is -0.384. The summed E-state index contributed by atoms with van der Waals surface area (Å²) in [7, 11) is 0. The van der Waals surface area contributed by atoms with Gasteiger partial charge in [-0.2, -0.15) is 0 Å². The number of aryl methyl sites for hydroxylation is 1. The molecule has 0 bridgehead atoms. The largest absolute Gasteiger partial charge is 0.425 e. The van der Waals surface area contributed by atoms with Crippen molar-refractivity contribution in [1.29, 1.82) is 0 Å². The second-order valence-electron chi connectivity index (χ2n) is 10.4. The van der Waals surface area contributed by atoms with E-state index in [9.17, 15) is 24.5 Å². The highest BCUT2D eigenvalue weighted by Crippen LogP contribution is 2.56. The minimum absolute atomic E-state index is 0.136. The van der Waals surface area contributed by atoms with Crippen molar-refractivity contribution in [1.82, 2.24) is 0 Å². The van der Waals surface area contributed by atoms with Gasteiger partial charge in [0.2, 0.25) is 11.8 Å². The zero-order valence-corrected chi connectivity index (χ0v) is 21.3. The van der Waals surface area contributed by atoms with Gasteiger partial charge in [0.05, 0.1) is 28.4 Å². The Morgan fingerprint density at radius 1 is 0.850 bits per heavy atom. The quantitative estimate of drug-likeness (QED) is 0.113. The van der Waals surface area contributed by atoms with E-state index < -0.39 is 46.4 Å².